The van der Waals surface area contributed by atoms with Gasteiger partial charge >= 0.3 is 0 Å². The minimum Gasteiger partial charge on any atom is -0.456 e. The normalized spacial score (nSPS) is 12.0. The van der Waals surface area contributed by atoms with E-state index < -0.39 is 0 Å². The second-order valence-electron chi connectivity index (χ2n) is 14.4. The molecular weight excluding hydrogens is 727 g/mol. The van der Waals surface area contributed by atoms with Crippen LogP contribution < -0.4 is 0 Å². The fourth-order valence-corrected chi connectivity index (χ4v) is 9.06. The van der Waals surface area contributed by atoms with Crippen LogP contribution in [0.5, 0.6) is 0 Å². The van der Waals surface area contributed by atoms with Gasteiger partial charge < -0.3 is 4.42 Å². The molecule has 1 aliphatic rings. The molecule has 0 N–H and O–H groups in total. The number of pyridine rings is 1. The van der Waals surface area contributed by atoms with Crippen LogP contribution in [0.2, 0.25) is 0 Å². The summed E-state index contributed by atoms with van der Waals surface area (Å²) in [6, 6.07) is 61.8. The Morgan fingerprint density at radius 1 is 0.397 bits per heavy atom. The Hall–Kier alpha value is -7.34. The van der Waals surface area contributed by atoms with Gasteiger partial charge in [-0.05, 0) is 87.0 Å². The Balaban J connectivity index is 1.13. The molecule has 3 aromatic heterocycles. The Morgan fingerprint density at radius 2 is 1.09 bits per heavy atom. The number of hydrogen-bond donors (Lipinski definition) is 0. The molecule has 0 unspecified atom stereocenters. The third-order valence-electron chi connectivity index (χ3n) is 10.9. The first-order valence-corrected chi connectivity index (χ1v) is 20.1. The highest BCUT2D eigenvalue weighted by Gasteiger charge is 2.20. The van der Waals surface area contributed by atoms with Crippen molar-refractivity contribution in [3.63, 3.8) is 0 Å². The summed E-state index contributed by atoms with van der Waals surface area (Å²) in [6.07, 6.45) is 8.16. The average molecular weight is 760 g/mol. The first-order chi connectivity index (χ1) is 28.7. The molecule has 7 aromatic carbocycles. The van der Waals surface area contributed by atoms with E-state index in [-0.39, 0.29) is 0 Å². The lowest BCUT2D eigenvalue weighted by Crippen LogP contribution is -1.97. The maximum absolute atomic E-state index is 6.54. The number of para-hydroxylation sites is 1. The van der Waals surface area contributed by atoms with Crippen molar-refractivity contribution in [1.29, 1.82) is 0 Å². The molecule has 0 aliphatic carbocycles. The molecule has 272 valence electrons. The van der Waals surface area contributed by atoms with Gasteiger partial charge in [-0.2, -0.15) is 0 Å². The van der Waals surface area contributed by atoms with Gasteiger partial charge in [0.2, 0.25) is 0 Å². The largest absolute Gasteiger partial charge is 0.456 e. The van der Waals surface area contributed by atoms with Gasteiger partial charge in [-0.25, -0.2) is 9.97 Å². The van der Waals surface area contributed by atoms with Crippen molar-refractivity contribution in [2.45, 2.75) is 9.79 Å². The number of furan rings is 1. The molecule has 0 saturated heterocycles. The molecule has 0 bridgehead atoms. The molecule has 5 heteroatoms. The van der Waals surface area contributed by atoms with Crippen LogP contribution in [0.25, 0.3) is 101 Å². The van der Waals surface area contributed by atoms with Gasteiger partial charge in [0.25, 0.3) is 0 Å². The number of rotatable bonds is 4. The first-order valence-electron chi connectivity index (χ1n) is 19.3. The smallest absolute Gasteiger partial charge is 0.160 e. The van der Waals surface area contributed by atoms with E-state index in [0.717, 1.165) is 82.7 Å². The van der Waals surface area contributed by atoms with E-state index >= 15 is 0 Å². The fraction of sp³-hybridized carbons (Fsp3) is 0. The molecule has 0 amide bonds. The minimum absolute atomic E-state index is 0.665. The molecule has 4 nitrogen and oxygen atoms in total. The molecule has 11 rings (SSSR count). The van der Waals surface area contributed by atoms with E-state index in [2.05, 4.69) is 169 Å². The third-order valence-corrected chi connectivity index (χ3v) is 12.0. The number of hydrogen-bond acceptors (Lipinski definition) is 5. The first kappa shape index (κ1) is 34.0. The van der Waals surface area contributed by atoms with Crippen molar-refractivity contribution < 1.29 is 4.42 Å². The second kappa shape index (κ2) is 14.3. The van der Waals surface area contributed by atoms with E-state index in [0.29, 0.717) is 5.82 Å². The van der Waals surface area contributed by atoms with Crippen molar-refractivity contribution in [2.24, 2.45) is 0 Å². The maximum Gasteiger partial charge on any atom is 0.160 e. The molecule has 0 saturated carbocycles. The highest BCUT2D eigenvalue weighted by atomic mass is 32.2. The van der Waals surface area contributed by atoms with E-state index in [4.69, 9.17) is 14.4 Å². The lowest BCUT2D eigenvalue weighted by molar-refractivity contribution is 0.669. The molecule has 10 aromatic rings. The number of nitrogens with zero attached hydrogens (tertiary/aromatic N) is 3. The van der Waals surface area contributed by atoms with E-state index in [1.54, 1.807) is 18.0 Å². The van der Waals surface area contributed by atoms with Crippen LogP contribution in [-0.4, -0.2) is 15.0 Å². The topological polar surface area (TPSA) is 51.8 Å². The Morgan fingerprint density at radius 3 is 1.93 bits per heavy atom. The summed E-state index contributed by atoms with van der Waals surface area (Å²) < 4.78 is 6.54. The molecule has 1 aliphatic heterocycles. The van der Waals surface area contributed by atoms with E-state index in [9.17, 15) is 0 Å². The zero-order chi connectivity index (χ0) is 38.4. The second-order valence-corrected chi connectivity index (χ2v) is 15.5. The fourth-order valence-electron chi connectivity index (χ4n) is 7.93. The van der Waals surface area contributed by atoms with Crippen LogP contribution >= 0.6 is 11.8 Å². The van der Waals surface area contributed by atoms with Crippen LogP contribution in [0.3, 0.4) is 0 Å². The average Bonchev–Trinajstić information content (AvgIpc) is 3.65. The Labute approximate surface area is 340 Å². The van der Waals surface area contributed by atoms with Gasteiger partial charge in [-0.3, -0.25) is 4.98 Å². The number of fused-ring (bicyclic) bond motifs is 9. The van der Waals surface area contributed by atoms with Crippen LogP contribution in [-0.2, 0) is 0 Å². The Bertz CT molecular complexity index is 3190. The molecule has 0 radical (unpaired) electrons. The maximum atomic E-state index is 6.54. The molecular formula is C53H33N3OS. The highest BCUT2D eigenvalue weighted by molar-refractivity contribution is 7.99. The highest BCUT2D eigenvalue weighted by Crippen LogP contribution is 2.47. The summed E-state index contributed by atoms with van der Waals surface area (Å²) >= 11 is 1.80. The molecule has 0 fully saturated rings. The number of benzene rings is 7. The van der Waals surface area contributed by atoms with Crippen molar-refractivity contribution in [1.82, 2.24) is 15.0 Å². The van der Waals surface area contributed by atoms with Gasteiger partial charge in [-0.15, -0.1) is 0 Å². The van der Waals surface area contributed by atoms with Crippen molar-refractivity contribution in [3.8, 4) is 67.3 Å². The monoisotopic (exact) mass is 759 g/mol. The lowest BCUT2D eigenvalue weighted by Gasteiger charge is -2.16. The van der Waals surface area contributed by atoms with Crippen molar-refractivity contribution in [3.05, 3.63) is 199 Å². The summed E-state index contributed by atoms with van der Waals surface area (Å²) in [5.74, 6) is 0.665. The predicted octanol–water partition coefficient (Wildman–Crippen LogP) is 14.4. The molecule has 0 atom stereocenters. The summed E-state index contributed by atoms with van der Waals surface area (Å²) in [6.45, 7) is 0. The van der Waals surface area contributed by atoms with E-state index in [1.165, 1.54) is 21.6 Å². The molecule has 4 heterocycles. The predicted molar refractivity (Wildman–Crippen MR) is 239 cm³/mol. The third kappa shape index (κ3) is 6.19. The van der Waals surface area contributed by atoms with Gasteiger partial charge in [-0.1, -0.05) is 157 Å². The molecule has 0 spiro atoms. The number of aromatic nitrogens is 3. The van der Waals surface area contributed by atoms with Gasteiger partial charge in [0, 0.05) is 49.6 Å². The summed E-state index contributed by atoms with van der Waals surface area (Å²) in [5.41, 5.74) is 15.4. The van der Waals surface area contributed by atoms with Gasteiger partial charge in [0.1, 0.15) is 11.2 Å². The Kier molecular flexibility index (Phi) is 8.37. The summed E-state index contributed by atoms with van der Waals surface area (Å²) in [4.78, 5) is 17.1. The molecule has 58 heavy (non-hydrogen) atoms. The van der Waals surface area contributed by atoms with Gasteiger partial charge in [0.05, 0.1) is 11.4 Å². The van der Waals surface area contributed by atoms with Gasteiger partial charge in [0.15, 0.2) is 5.82 Å². The minimum atomic E-state index is 0.665. The van der Waals surface area contributed by atoms with Crippen LogP contribution in [0.15, 0.2) is 203 Å². The SMILES string of the molecule is C1=Cc2ccc(-c3cc(-c4ccccc4)nc(-c4ccc(-c5cccnc5)cc4)n3)cc2-c2cc3oc4ccccc4c3cc2Sc2ccccc2-c2ccccc21. The van der Waals surface area contributed by atoms with Crippen LogP contribution in [0.4, 0.5) is 0 Å². The van der Waals surface area contributed by atoms with Crippen LogP contribution in [0.1, 0.15) is 11.1 Å². The van der Waals surface area contributed by atoms with Crippen LogP contribution in [0, 0.1) is 0 Å². The standard InChI is InChI=1S/C53H33N3OS/c1-2-12-37(13-3-1)47-32-48(56-53(55-47)38-25-20-34(21-26-38)40-14-10-28-54-33-40)39-27-24-36-23-22-35-11-4-5-15-41(35)43-17-7-9-19-51(43)58-52-31-45-42-16-6-8-18-49(42)57-50(45)30-46(52)44(36)29-39/h1-33H. The zero-order valence-electron chi connectivity index (χ0n) is 31.2. The van der Waals surface area contributed by atoms with Crippen molar-refractivity contribution in [2.75, 3.05) is 0 Å². The zero-order valence-corrected chi connectivity index (χ0v) is 32.0. The summed E-state index contributed by atoms with van der Waals surface area (Å²) in [7, 11) is 0. The summed E-state index contributed by atoms with van der Waals surface area (Å²) in [5, 5.41) is 2.21. The van der Waals surface area contributed by atoms with Crippen molar-refractivity contribution >= 4 is 45.9 Å². The van der Waals surface area contributed by atoms with E-state index in [1.807, 2.05) is 30.5 Å². The quantitative estimate of drug-likeness (QED) is 0.179. The lowest BCUT2D eigenvalue weighted by atomic mass is 9.93.